The van der Waals surface area contributed by atoms with E-state index in [4.69, 9.17) is 9.84 Å². The molecule has 0 fully saturated rings. The van der Waals surface area contributed by atoms with E-state index in [0.717, 1.165) is 11.3 Å². The van der Waals surface area contributed by atoms with Gasteiger partial charge in [-0.25, -0.2) is 18.6 Å². The molecule has 0 aromatic carbocycles. The molecule has 8 heteroatoms. The molecule has 0 amide bonds. The van der Waals surface area contributed by atoms with Crippen molar-refractivity contribution in [3.8, 4) is 0 Å². The van der Waals surface area contributed by atoms with E-state index in [2.05, 4.69) is 4.98 Å². The van der Waals surface area contributed by atoms with Crippen molar-refractivity contribution in [3.63, 3.8) is 0 Å². The second-order valence-corrected chi connectivity index (χ2v) is 4.26. The fourth-order valence-corrected chi connectivity index (χ4v) is 2.07. The van der Waals surface area contributed by atoms with Crippen LogP contribution in [0.15, 0.2) is 0 Å². The lowest BCUT2D eigenvalue weighted by atomic mass is 10.4. The van der Waals surface area contributed by atoms with Gasteiger partial charge in [0.05, 0.1) is 18.8 Å². The lowest BCUT2D eigenvalue weighted by Gasteiger charge is -2.14. The molecule has 5 nitrogen and oxygen atoms in total. The molecule has 0 saturated carbocycles. The van der Waals surface area contributed by atoms with Gasteiger partial charge in [0.1, 0.15) is 4.88 Å². The molecule has 96 valence electrons. The van der Waals surface area contributed by atoms with Crippen LogP contribution in [0, 0.1) is 0 Å². The summed E-state index contributed by atoms with van der Waals surface area (Å²) >= 11 is 0.860. The monoisotopic (exact) mass is 266 g/mol. The van der Waals surface area contributed by atoms with Gasteiger partial charge in [-0.2, -0.15) is 0 Å². The van der Waals surface area contributed by atoms with Crippen molar-refractivity contribution in [2.24, 2.45) is 0 Å². The molecule has 0 saturated heterocycles. The summed E-state index contributed by atoms with van der Waals surface area (Å²) in [5, 5.41) is 9.16. The minimum Gasteiger partial charge on any atom is -0.477 e. The highest BCUT2D eigenvalue weighted by Crippen LogP contribution is 2.26. The average molecular weight is 266 g/mol. The van der Waals surface area contributed by atoms with Gasteiger partial charge < -0.3 is 14.7 Å². The Morgan fingerprint density at radius 1 is 1.65 bits per heavy atom. The Labute approximate surface area is 101 Å². The minimum atomic E-state index is -2.50. The first kappa shape index (κ1) is 13.8. The summed E-state index contributed by atoms with van der Waals surface area (Å²) in [6, 6.07) is 0. The Morgan fingerprint density at radius 2 is 2.29 bits per heavy atom. The van der Waals surface area contributed by atoms with Gasteiger partial charge in [-0.05, 0) is 0 Å². The molecular weight excluding hydrogens is 254 g/mol. The average Bonchev–Trinajstić information content (AvgIpc) is 2.61. The predicted molar refractivity (Wildman–Crippen MR) is 59.1 cm³/mol. The van der Waals surface area contributed by atoms with Gasteiger partial charge in [-0.3, -0.25) is 0 Å². The van der Waals surface area contributed by atoms with Crippen LogP contribution >= 0.6 is 11.3 Å². The van der Waals surface area contributed by atoms with Gasteiger partial charge in [0.15, 0.2) is 5.13 Å². The van der Waals surface area contributed by atoms with E-state index in [-0.39, 0.29) is 22.3 Å². The number of halogens is 2. The molecule has 0 aliphatic heterocycles. The number of thiazole rings is 1. The van der Waals surface area contributed by atoms with Crippen LogP contribution in [-0.2, 0) is 11.3 Å². The lowest BCUT2D eigenvalue weighted by Crippen LogP contribution is -2.23. The SMILES string of the molecule is COCc1nc(N(C)CC(F)F)sc1C(=O)O. The summed E-state index contributed by atoms with van der Waals surface area (Å²) in [6.07, 6.45) is -2.50. The summed E-state index contributed by atoms with van der Waals surface area (Å²) in [5.74, 6) is -1.13. The maximum absolute atomic E-state index is 12.2. The molecule has 0 aliphatic rings. The Morgan fingerprint density at radius 3 is 2.76 bits per heavy atom. The van der Waals surface area contributed by atoms with Crippen LogP contribution in [0.4, 0.5) is 13.9 Å². The molecule has 0 atom stereocenters. The Balaban J connectivity index is 2.94. The molecule has 17 heavy (non-hydrogen) atoms. The molecule has 1 heterocycles. The zero-order valence-corrected chi connectivity index (χ0v) is 10.1. The zero-order chi connectivity index (χ0) is 13.0. The fourth-order valence-electron chi connectivity index (χ4n) is 1.19. The topological polar surface area (TPSA) is 62.7 Å². The van der Waals surface area contributed by atoms with Gasteiger partial charge in [0, 0.05) is 14.2 Å². The highest BCUT2D eigenvalue weighted by Gasteiger charge is 2.20. The van der Waals surface area contributed by atoms with Gasteiger partial charge in [-0.15, -0.1) is 0 Å². The van der Waals surface area contributed by atoms with Crippen molar-refractivity contribution in [1.82, 2.24) is 4.98 Å². The standard InChI is InChI=1S/C9H12F2N2O3S/c1-13(3-6(10)11)9-12-5(4-16-2)7(17-9)8(14)15/h6H,3-4H2,1-2H3,(H,14,15). The fraction of sp³-hybridized carbons (Fsp3) is 0.556. The first-order valence-corrected chi connectivity index (χ1v) is 5.48. The molecule has 1 rings (SSSR count). The van der Waals surface area contributed by atoms with Crippen LogP contribution in [0.5, 0.6) is 0 Å². The number of carboxylic acid groups (broad SMARTS) is 1. The molecule has 1 aromatic rings. The number of anilines is 1. The first-order valence-electron chi connectivity index (χ1n) is 4.67. The van der Waals surface area contributed by atoms with Crippen molar-refractivity contribution >= 4 is 22.4 Å². The van der Waals surface area contributed by atoms with E-state index in [1.54, 1.807) is 0 Å². The van der Waals surface area contributed by atoms with E-state index in [9.17, 15) is 13.6 Å². The third kappa shape index (κ3) is 3.60. The maximum atomic E-state index is 12.2. The van der Waals surface area contributed by atoms with E-state index in [1.165, 1.54) is 19.1 Å². The van der Waals surface area contributed by atoms with Crippen molar-refractivity contribution in [1.29, 1.82) is 0 Å². The smallest absolute Gasteiger partial charge is 0.347 e. The summed E-state index contributed by atoms with van der Waals surface area (Å²) in [4.78, 5) is 16.1. The Bertz CT molecular complexity index is 398. The van der Waals surface area contributed by atoms with E-state index in [0.29, 0.717) is 0 Å². The number of carbonyl (C=O) groups is 1. The molecule has 0 spiro atoms. The first-order chi connectivity index (χ1) is 7.95. The molecular formula is C9H12F2N2O3S. The second kappa shape index (κ2) is 5.87. The number of carboxylic acids is 1. The maximum Gasteiger partial charge on any atom is 0.347 e. The summed E-state index contributed by atoms with van der Waals surface area (Å²) in [5.41, 5.74) is 0.251. The normalized spacial score (nSPS) is 10.9. The van der Waals surface area contributed by atoms with Gasteiger partial charge in [-0.1, -0.05) is 11.3 Å². The van der Waals surface area contributed by atoms with Gasteiger partial charge in [0.25, 0.3) is 6.43 Å². The second-order valence-electron chi connectivity index (χ2n) is 3.28. The third-order valence-electron chi connectivity index (χ3n) is 1.90. The largest absolute Gasteiger partial charge is 0.477 e. The number of rotatable bonds is 6. The van der Waals surface area contributed by atoms with Crippen LogP contribution in [0.1, 0.15) is 15.4 Å². The number of hydrogen-bond acceptors (Lipinski definition) is 5. The van der Waals surface area contributed by atoms with Crippen molar-refractivity contribution in [3.05, 3.63) is 10.6 Å². The predicted octanol–water partition coefficient (Wildman–Crippen LogP) is 1.69. The van der Waals surface area contributed by atoms with E-state index < -0.39 is 18.9 Å². The molecule has 0 unspecified atom stereocenters. The van der Waals surface area contributed by atoms with Gasteiger partial charge in [0.2, 0.25) is 0 Å². The molecule has 1 aromatic heterocycles. The summed E-state index contributed by atoms with van der Waals surface area (Å²) in [6.45, 7) is -0.445. The molecule has 0 radical (unpaired) electrons. The lowest BCUT2D eigenvalue weighted by molar-refractivity contribution is 0.0697. The molecule has 1 N–H and O–H groups in total. The van der Waals surface area contributed by atoms with Crippen molar-refractivity contribution in [2.75, 3.05) is 25.6 Å². The summed E-state index contributed by atoms with van der Waals surface area (Å²) in [7, 11) is 2.85. The molecule has 0 aliphatic carbocycles. The number of aromatic carboxylic acids is 1. The zero-order valence-electron chi connectivity index (χ0n) is 9.31. The number of ether oxygens (including phenoxy) is 1. The third-order valence-corrected chi connectivity index (χ3v) is 3.10. The Kier molecular flexibility index (Phi) is 4.76. The van der Waals surface area contributed by atoms with Crippen LogP contribution in [0.3, 0.4) is 0 Å². The van der Waals surface area contributed by atoms with Crippen LogP contribution < -0.4 is 4.90 Å². The molecule has 0 bridgehead atoms. The minimum absolute atomic E-state index is 0.0166. The van der Waals surface area contributed by atoms with Crippen LogP contribution in [0.25, 0.3) is 0 Å². The summed E-state index contributed by atoms with van der Waals surface area (Å²) < 4.78 is 29.2. The number of hydrogen-bond donors (Lipinski definition) is 1. The number of nitrogens with zero attached hydrogens (tertiary/aromatic N) is 2. The van der Waals surface area contributed by atoms with Crippen molar-refractivity contribution < 1.29 is 23.4 Å². The van der Waals surface area contributed by atoms with Crippen LogP contribution in [0.2, 0.25) is 0 Å². The Hall–Kier alpha value is -1.28. The van der Waals surface area contributed by atoms with Gasteiger partial charge >= 0.3 is 5.97 Å². The number of methoxy groups -OCH3 is 1. The number of aromatic nitrogens is 1. The van der Waals surface area contributed by atoms with E-state index in [1.807, 2.05) is 0 Å². The van der Waals surface area contributed by atoms with Crippen LogP contribution in [-0.4, -0.2) is 43.2 Å². The van der Waals surface area contributed by atoms with E-state index >= 15 is 0 Å². The quantitative estimate of drug-likeness (QED) is 0.849. The number of alkyl halides is 2. The van der Waals surface area contributed by atoms with Crippen molar-refractivity contribution in [2.45, 2.75) is 13.0 Å². The highest BCUT2D eigenvalue weighted by molar-refractivity contribution is 7.17. The highest BCUT2D eigenvalue weighted by atomic mass is 32.1.